The number of nitro groups is 1. The van der Waals surface area contributed by atoms with E-state index in [0.29, 0.717) is 18.8 Å². The minimum absolute atomic E-state index is 0.0691. The number of hydrogen-bond acceptors (Lipinski definition) is 5. The van der Waals surface area contributed by atoms with Crippen molar-refractivity contribution >= 4 is 11.8 Å². The standard InChI is InChI=1S/C11H17N3O4/c1-11(2,10(15)12-3)7-13-6-8-4-5-9(18-8)14(16)17/h4-5,13H,6-7H2,1-3H3,(H,12,15). The Hall–Kier alpha value is -1.89. The summed E-state index contributed by atoms with van der Waals surface area (Å²) in [6.07, 6.45) is 0. The molecule has 1 aromatic heterocycles. The SMILES string of the molecule is CNC(=O)C(C)(C)CNCc1ccc([N+](=O)[O-])o1. The fourth-order valence-corrected chi connectivity index (χ4v) is 1.48. The molecule has 0 aliphatic rings. The highest BCUT2D eigenvalue weighted by Gasteiger charge is 2.26. The first-order chi connectivity index (χ1) is 8.36. The predicted molar refractivity (Wildman–Crippen MR) is 64.9 cm³/mol. The topological polar surface area (TPSA) is 97.4 Å². The Bertz CT molecular complexity index is 439. The highest BCUT2D eigenvalue weighted by Crippen LogP contribution is 2.17. The lowest BCUT2D eigenvalue weighted by Gasteiger charge is -2.22. The van der Waals surface area contributed by atoms with Crippen molar-refractivity contribution in [3.63, 3.8) is 0 Å². The molecule has 0 fully saturated rings. The average molecular weight is 255 g/mol. The first-order valence-electron chi connectivity index (χ1n) is 5.53. The van der Waals surface area contributed by atoms with Crippen LogP contribution < -0.4 is 10.6 Å². The van der Waals surface area contributed by atoms with E-state index in [1.54, 1.807) is 7.05 Å². The van der Waals surface area contributed by atoms with E-state index < -0.39 is 10.3 Å². The molecule has 18 heavy (non-hydrogen) atoms. The number of amides is 1. The minimum atomic E-state index is -0.585. The molecular weight excluding hydrogens is 238 g/mol. The van der Waals surface area contributed by atoms with Crippen molar-refractivity contribution in [3.8, 4) is 0 Å². The number of carbonyl (C=O) groups excluding carboxylic acids is 1. The van der Waals surface area contributed by atoms with Crippen molar-refractivity contribution in [1.82, 2.24) is 10.6 Å². The molecular formula is C11H17N3O4. The number of rotatable bonds is 6. The Labute approximate surface area is 105 Å². The molecule has 1 amide bonds. The molecule has 1 heterocycles. The van der Waals surface area contributed by atoms with E-state index in [0.717, 1.165) is 0 Å². The van der Waals surface area contributed by atoms with Crippen LogP contribution in [0.5, 0.6) is 0 Å². The second-order valence-corrected chi connectivity index (χ2v) is 4.56. The third kappa shape index (κ3) is 3.56. The fourth-order valence-electron chi connectivity index (χ4n) is 1.48. The molecule has 0 radical (unpaired) electrons. The first-order valence-corrected chi connectivity index (χ1v) is 5.53. The zero-order valence-electron chi connectivity index (χ0n) is 10.6. The van der Waals surface area contributed by atoms with E-state index >= 15 is 0 Å². The quantitative estimate of drug-likeness (QED) is 0.585. The minimum Gasteiger partial charge on any atom is -0.404 e. The molecule has 0 aliphatic heterocycles. The maximum atomic E-state index is 11.5. The lowest BCUT2D eigenvalue weighted by Crippen LogP contribution is -2.41. The van der Waals surface area contributed by atoms with Gasteiger partial charge in [-0.25, -0.2) is 0 Å². The van der Waals surface area contributed by atoms with Crippen molar-refractivity contribution in [3.05, 3.63) is 28.0 Å². The fraction of sp³-hybridized carbons (Fsp3) is 0.545. The van der Waals surface area contributed by atoms with Crippen LogP contribution in [0.4, 0.5) is 5.88 Å². The van der Waals surface area contributed by atoms with Crippen molar-refractivity contribution in [2.24, 2.45) is 5.41 Å². The maximum Gasteiger partial charge on any atom is 0.433 e. The van der Waals surface area contributed by atoms with Gasteiger partial charge in [0.05, 0.1) is 18.0 Å². The number of carbonyl (C=O) groups is 1. The van der Waals surface area contributed by atoms with Gasteiger partial charge >= 0.3 is 5.88 Å². The number of furan rings is 1. The molecule has 2 N–H and O–H groups in total. The molecule has 0 atom stereocenters. The monoisotopic (exact) mass is 255 g/mol. The summed E-state index contributed by atoms with van der Waals surface area (Å²) < 4.78 is 4.98. The van der Waals surface area contributed by atoms with Crippen LogP contribution in [0, 0.1) is 15.5 Å². The van der Waals surface area contributed by atoms with Crippen LogP contribution in [0.3, 0.4) is 0 Å². The van der Waals surface area contributed by atoms with Gasteiger partial charge in [-0.2, -0.15) is 0 Å². The zero-order chi connectivity index (χ0) is 13.8. The third-order valence-corrected chi connectivity index (χ3v) is 2.54. The molecule has 0 aliphatic carbocycles. The Kier molecular flexibility index (Phi) is 4.43. The van der Waals surface area contributed by atoms with Crippen LogP contribution >= 0.6 is 0 Å². The molecule has 1 rings (SSSR count). The summed E-state index contributed by atoms with van der Waals surface area (Å²) in [5.41, 5.74) is -0.548. The lowest BCUT2D eigenvalue weighted by molar-refractivity contribution is -0.402. The molecule has 0 aromatic carbocycles. The van der Waals surface area contributed by atoms with Gasteiger partial charge < -0.3 is 15.1 Å². The van der Waals surface area contributed by atoms with E-state index in [1.807, 2.05) is 13.8 Å². The van der Waals surface area contributed by atoms with Crippen LogP contribution in [0.25, 0.3) is 0 Å². The van der Waals surface area contributed by atoms with Crippen molar-refractivity contribution in [2.45, 2.75) is 20.4 Å². The Morgan fingerprint density at radius 2 is 2.17 bits per heavy atom. The van der Waals surface area contributed by atoms with Crippen LogP contribution in [0.2, 0.25) is 0 Å². The Balaban J connectivity index is 2.46. The lowest BCUT2D eigenvalue weighted by atomic mass is 9.92. The molecule has 0 bridgehead atoms. The van der Waals surface area contributed by atoms with E-state index in [-0.39, 0.29) is 11.8 Å². The van der Waals surface area contributed by atoms with E-state index in [4.69, 9.17) is 4.42 Å². The van der Waals surface area contributed by atoms with Crippen LogP contribution in [0.1, 0.15) is 19.6 Å². The Morgan fingerprint density at radius 3 is 2.67 bits per heavy atom. The average Bonchev–Trinajstić information content (AvgIpc) is 2.76. The Morgan fingerprint density at radius 1 is 1.50 bits per heavy atom. The summed E-state index contributed by atoms with van der Waals surface area (Å²) in [6, 6.07) is 2.85. The first kappa shape index (κ1) is 14.2. The third-order valence-electron chi connectivity index (χ3n) is 2.54. The van der Waals surface area contributed by atoms with Gasteiger partial charge in [-0.15, -0.1) is 0 Å². The van der Waals surface area contributed by atoms with Gasteiger partial charge in [0.1, 0.15) is 10.7 Å². The van der Waals surface area contributed by atoms with Crippen LogP contribution in [-0.2, 0) is 11.3 Å². The zero-order valence-corrected chi connectivity index (χ0v) is 10.6. The normalized spacial score (nSPS) is 11.3. The molecule has 0 saturated heterocycles. The smallest absolute Gasteiger partial charge is 0.404 e. The van der Waals surface area contributed by atoms with E-state index in [1.165, 1.54) is 12.1 Å². The van der Waals surface area contributed by atoms with E-state index in [2.05, 4.69) is 10.6 Å². The summed E-state index contributed by atoms with van der Waals surface area (Å²) in [6.45, 7) is 4.41. The molecule has 7 heteroatoms. The van der Waals surface area contributed by atoms with Gasteiger partial charge in [-0.05, 0) is 19.9 Å². The number of nitrogens with one attached hydrogen (secondary N) is 2. The van der Waals surface area contributed by atoms with Crippen LogP contribution in [0.15, 0.2) is 16.5 Å². The predicted octanol–water partition coefficient (Wildman–Crippen LogP) is 1.05. The molecule has 100 valence electrons. The van der Waals surface area contributed by atoms with Gasteiger partial charge in [0, 0.05) is 13.6 Å². The van der Waals surface area contributed by atoms with E-state index in [9.17, 15) is 14.9 Å². The van der Waals surface area contributed by atoms with Gasteiger partial charge in [-0.3, -0.25) is 14.9 Å². The van der Waals surface area contributed by atoms with Gasteiger partial charge in [0.15, 0.2) is 0 Å². The van der Waals surface area contributed by atoms with Crippen LogP contribution in [-0.4, -0.2) is 24.4 Å². The maximum absolute atomic E-state index is 11.5. The molecule has 7 nitrogen and oxygen atoms in total. The highest BCUT2D eigenvalue weighted by molar-refractivity contribution is 5.81. The summed E-state index contributed by atoms with van der Waals surface area (Å²) >= 11 is 0. The second kappa shape index (κ2) is 5.63. The van der Waals surface area contributed by atoms with Gasteiger partial charge in [0.2, 0.25) is 5.91 Å². The molecule has 0 saturated carbocycles. The second-order valence-electron chi connectivity index (χ2n) is 4.56. The molecule has 0 unspecified atom stereocenters. The number of nitrogens with zero attached hydrogens (tertiary/aromatic N) is 1. The highest BCUT2D eigenvalue weighted by atomic mass is 16.6. The molecule has 1 aromatic rings. The largest absolute Gasteiger partial charge is 0.433 e. The summed E-state index contributed by atoms with van der Waals surface area (Å²) in [4.78, 5) is 21.3. The van der Waals surface area contributed by atoms with Gasteiger partial charge in [0.25, 0.3) is 0 Å². The summed E-state index contributed by atoms with van der Waals surface area (Å²) in [5, 5.41) is 16.0. The molecule has 0 spiro atoms. The van der Waals surface area contributed by atoms with Crippen molar-refractivity contribution in [2.75, 3.05) is 13.6 Å². The summed E-state index contributed by atoms with van der Waals surface area (Å²) in [5.74, 6) is 0.118. The summed E-state index contributed by atoms with van der Waals surface area (Å²) in [7, 11) is 1.58. The van der Waals surface area contributed by atoms with Crippen molar-refractivity contribution in [1.29, 1.82) is 0 Å². The number of hydrogen-bond donors (Lipinski definition) is 2. The van der Waals surface area contributed by atoms with Gasteiger partial charge in [-0.1, -0.05) is 0 Å². The van der Waals surface area contributed by atoms with Crippen molar-refractivity contribution < 1.29 is 14.1 Å².